The van der Waals surface area contributed by atoms with E-state index in [9.17, 15) is 4.79 Å². The molecular weight excluding hydrogens is 443 g/mol. The van der Waals surface area contributed by atoms with Crippen molar-refractivity contribution in [2.75, 3.05) is 25.1 Å². The van der Waals surface area contributed by atoms with Crippen LogP contribution in [0.25, 0.3) is 17.1 Å². The van der Waals surface area contributed by atoms with Crippen molar-refractivity contribution >= 4 is 52.1 Å². The molecule has 3 N–H and O–H groups in total. The van der Waals surface area contributed by atoms with Gasteiger partial charge in [-0.15, -0.1) is 0 Å². The van der Waals surface area contributed by atoms with E-state index >= 15 is 0 Å². The molecule has 1 saturated heterocycles. The van der Waals surface area contributed by atoms with Crippen LogP contribution in [0.4, 0.5) is 5.82 Å². The number of nitrogens with two attached hydrogens (primary N) is 1. The van der Waals surface area contributed by atoms with Gasteiger partial charge in [-0.1, -0.05) is 23.2 Å². The van der Waals surface area contributed by atoms with Crippen LogP contribution in [0.2, 0.25) is 5.02 Å². The molecule has 5 rings (SSSR count). The van der Waals surface area contributed by atoms with Crippen molar-refractivity contribution in [2.45, 2.75) is 6.04 Å². The highest BCUT2D eigenvalue weighted by molar-refractivity contribution is 6.38. The van der Waals surface area contributed by atoms with Crippen molar-refractivity contribution in [1.82, 2.24) is 19.9 Å². The number of hydrogen-bond acceptors (Lipinski definition) is 8. The summed E-state index contributed by atoms with van der Waals surface area (Å²) in [5.74, 6) is 1.35. The van der Waals surface area contributed by atoms with Crippen LogP contribution < -0.4 is 15.4 Å². The maximum atomic E-state index is 11.8. The average molecular weight is 461 g/mol. The summed E-state index contributed by atoms with van der Waals surface area (Å²) < 4.78 is 10.6. The molecular formula is C20H18Cl2N6O3. The number of halogens is 2. The molecule has 9 nitrogen and oxygen atoms in total. The fraction of sp³-hybridized carbons (Fsp3) is 0.300. The van der Waals surface area contributed by atoms with Gasteiger partial charge in [0, 0.05) is 30.9 Å². The summed E-state index contributed by atoms with van der Waals surface area (Å²) in [7, 11) is 1.30. The predicted octanol–water partition coefficient (Wildman–Crippen LogP) is 3.19. The fourth-order valence-electron chi connectivity index (χ4n) is 4.05. The topological polar surface area (TPSA) is 119 Å². The molecule has 0 spiro atoms. The first-order valence-electron chi connectivity index (χ1n) is 9.58. The quantitative estimate of drug-likeness (QED) is 0.556. The number of nitrogens with zero attached hydrogens (tertiary/aromatic N) is 4. The number of ether oxygens (including phenoxy) is 2. The van der Waals surface area contributed by atoms with Gasteiger partial charge in [-0.05, 0) is 24.0 Å². The lowest BCUT2D eigenvalue weighted by atomic mass is 10.3. The number of nitrogens with one attached hydrogen (secondary N) is 1. The molecule has 3 aromatic heterocycles. The van der Waals surface area contributed by atoms with Crippen molar-refractivity contribution < 1.29 is 14.3 Å². The lowest BCUT2D eigenvalue weighted by Crippen LogP contribution is -2.29. The Morgan fingerprint density at radius 1 is 1.32 bits per heavy atom. The van der Waals surface area contributed by atoms with Crippen LogP contribution in [0.3, 0.4) is 0 Å². The second-order valence-corrected chi connectivity index (χ2v) is 8.14. The Kier molecular flexibility index (Phi) is 4.96. The molecule has 0 bridgehead atoms. The zero-order chi connectivity index (χ0) is 21.7. The standard InChI is InChI=1S/C20H18Cl2N6O3/c1-30-19(29)9-4-10(6-24-5-9)31-20-26-17-14(15(22)13(25-17)2-3-21)18(27-20)28-7-11-12(8-28)16(11)23/h2-6,11-12,16H,7-8,23H2,1H3,(H,25,26,27)/b3-2+. The fourth-order valence-corrected chi connectivity index (χ4v) is 4.46. The summed E-state index contributed by atoms with van der Waals surface area (Å²) in [5, 5.41) is 1.17. The lowest BCUT2D eigenvalue weighted by molar-refractivity contribution is 0.0600. The number of pyridine rings is 1. The number of fused-ring (bicyclic) bond motifs is 2. The molecule has 3 aromatic rings. The van der Waals surface area contributed by atoms with Crippen molar-refractivity contribution in [3.8, 4) is 11.8 Å². The number of carbonyl (C=O) groups excluding carboxylic acids is 1. The van der Waals surface area contributed by atoms with Gasteiger partial charge in [0.25, 0.3) is 0 Å². The number of H-pyrrole nitrogens is 1. The van der Waals surface area contributed by atoms with Gasteiger partial charge in [0.2, 0.25) is 0 Å². The van der Waals surface area contributed by atoms with Gasteiger partial charge < -0.3 is 25.1 Å². The first-order valence-corrected chi connectivity index (χ1v) is 10.4. The first-order chi connectivity index (χ1) is 15.0. The molecule has 2 fully saturated rings. The number of anilines is 1. The Morgan fingerprint density at radius 3 is 2.81 bits per heavy atom. The number of carbonyl (C=O) groups is 1. The number of aromatic amines is 1. The van der Waals surface area contributed by atoms with E-state index in [4.69, 9.17) is 38.4 Å². The number of aromatic nitrogens is 4. The molecule has 0 radical (unpaired) electrons. The highest BCUT2D eigenvalue weighted by Crippen LogP contribution is 2.47. The molecule has 1 saturated carbocycles. The number of methoxy groups -OCH3 is 1. The summed E-state index contributed by atoms with van der Waals surface area (Å²) in [6.45, 7) is 1.58. The molecule has 4 heterocycles. The van der Waals surface area contributed by atoms with Crippen molar-refractivity contribution in [3.05, 3.63) is 40.3 Å². The Morgan fingerprint density at radius 2 is 2.10 bits per heavy atom. The Bertz CT molecular complexity index is 1200. The van der Waals surface area contributed by atoms with Crippen LogP contribution in [-0.4, -0.2) is 52.1 Å². The second-order valence-electron chi connectivity index (χ2n) is 7.51. The van der Waals surface area contributed by atoms with Crippen LogP contribution in [-0.2, 0) is 4.74 Å². The normalized spacial score (nSPS) is 22.2. The number of rotatable bonds is 5. The first kappa shape index (κ1) is 20.0. The van der Waals surface area contributed by atoms with E-state index in [0.29, 0.717) is 45.2 Å². The van der Waals surface area contributed by atoms with Crippen LogP contribution in [0.5, 0.6) is 11.8 Å². The summed E-state index contributed by atoms with van der Waals surface area (Å²) in [6.07, 6.45) is 4.51. The molecule has 2 atom stereocenters. The largest absolute Gasteiger partial charge is 0.465 e. The van der Waals surface area contributed by atoms with Crippen LogP contribution >= 0.6 is 23.2 Å². The smallest absolute Gasteiger partial charge is 0.339 e. The summed E-state index contributed by atoms with van der Waals surface area (Å²) in [6, 6.07) is 1.85. The Labute approximate surface area is 187 Å². The van der Waals surface area contributed by atoms with Gasteiger partial charge in [0.05, 0.1) is 35.0 Å². The second kappa shape index (κ2) is 7.67. The van der Waals surface area contributed by atoms with E-state index in [1.165, 1.54) is 31.1 Å². The average Bonchev–Trinajstić information content (AvgIpc) is 3.09. The Hall–Kier alpha value is -2.88. The third-order valence-electron chi connectivity index (χ3n) is 5.71. The minimum Gasteiger partial charge on any atom is -0.465 e. The van der Waals surface area contributed by atoms with Crippen molar-refractivity contribution in [2.24, 2.45) is 17.6 Å². The van der Waals surface area contributed by atoms with Gasteiger partial charge in [0.1, 0.15) is 17.2 Å². The van der Waals surface area contributed by atoms with Gasteiger partial charge in [-0.2, -0.15) is 9.97 Å². The molecule has 11 heteroatoms. The van der Waals surface area contributed by atoms with E-state index in [2.05, 4.69) is 24.8 Å². The van der Waals surface area contributed by atoms with E-state index in [0.717, 1.165) is 13.1 Å². The molecule has 2 unspecified atom stereocenters. The summed E-state index contributed by atoms with van der Waals surface area (Å²) in [5.41, 5.74) is 8.85. The predicted molar refractivity (Wildman–Crippen MR) is 117 cm³/mol. The highest BCUT2D eigenvalue weighted by Gasteiger charge is 2.54. The minimum absolute atomic E-state index is 0.0931. The van der Waals surface area contributed by atoms with Crippen LogP contribution in [0.15, 0.2) is 24.0 Å². The SMILES string of the molecule is COC(=O)c1cncc(Oc2nc(N3CC4C(N)C4C3)c3c(Cl)c(/C=C/Cl)[nH]c3n2)c1. The third kappa shape index (κ3) is 3.48. The number of piperidine rings is 1. The molecule has 0 aromatic carbocycles. The van der Waals surface area contributed by atoms with Gasteiger partial charge in [-0.3, -0.25) is 4.98 Å². The van der Waals surface area contributed by atoms with E-state index in [1.54, 1.807) is 6.08 Å². The summed E-state index contributed by atoms with van der Waals surface area (Å²) >= 11 is 12.4. The van der Waals surface area contributed by atoms with E-state index in [1.807, 2.05) is 0 Å². The van der Waals surface area contributed by atoms with E-state index in [-0.39, 0.29) is 17.6 Å². The molecule has 31 heavy (non-hydrogen) atoms. The monoisotopic (exact) mass is 460 g/mol. The maximum absolute atomic E-state index is 11.8. The van der Waals surface area contributed by atoms with E-state index < -0.39 is 5.97 Å². The highest BCUT2D eigenvalue weighted by atomic mass is 35.5. The molecule has 1 aliphatic carbocycles. The van der Waals surface area contributed by atoms with Crippen molar-refractivity contribution in [3.63, 3.8) is 0 Å². The lowest BCUT2D eigenvalue weighted by Gasteiger charge is -2.21. The zero-order valence-electron chi connectivity index (χ0n) is 16.4. The maximum Gasteiger partial charge on any atom is 0.339 e. The zero-order valence-corrected chi connectivity index (χ0v) is 17.9. The van der Waals surface area contributed by atoms with Gasteiger partial charge >= 0.3 is 12.0 Å². The van der Waals surface area contributed by atoms with Gasteiger partial charge in [0.15, 0.2) is 0 Å². The molecule has 1 aliphatic heterocycles. The number of hydrogen-bond donors (Lipinski definition) is 2. The Balaban J connectivity index is 1.55. The van der Waals surface area contributed by atoms with Crippen LogP contribution in [0.1, 0.15) is 16.1 Å². The van der Waals surface area contributed by atoms with Crippen LogP contribution in [0, 0.1) is 11.8 Å². The molecule has 2 aliphatic rings. The minimum atomic E-state index is -0.517. The van der Waals surface area contributed by atoms with Gasteiger partial charge in [-0.25, -0.2) is 4.79 Å². The summed E-state index contributed by atoms with van der Waals surface area (Å²) in [4.78, 5) is 30.2. The molecule has 0 amide bonds. The third-order valence-corrected chi connectivity index (χ3v) is 6.23. The number of esters is 1. The molecule has 160 valence electrons. The van der Waals surface area contributed by atoms with Crippen molar-refractivity contribution in [1.29, 1.82) is 0 Å².